The predicted octanol–water partition coefficient (Wildman–Crippen LogP) is 2.67. The molecule has 0 aliphatic carbocycles. The second kappa shape index (κ2) is 9.87. The average molecular weight is 371 g/mol. The predicted molar refractivity (Wildman–Crippen MR) is 111 cm³/mol. The van der Waals surface area contributed by atoms with Gasteiger partial charge in [0.25, 0.3) is 5.91 Å². The Morgan fingerprint density at radius 1 is 1.07 bits per heavy atom. The molecule has 0 saturated heterocycles. The van der Waals surface area contributed by atoms with E-state index in [2.05, 4.69) is 51.5 Å². The molecule has 0 bridgehead atoms. The molecule has 0 fully saturated rings. The summed E-state index contributed by atoms with van der Waals surface area (Å²) in [6.07, 6.45) is 0. The number of benzene rings is 1. The van der Waals surface area contributed by atoms with Crippen molar-refractivity contribution in [3.63, 3.8) is 0 Å². The zero-order chi connectivity index (χ0) is 19.8. The minimum absolute atomic E-state index is 0.192. The molecule has 1 aromatic carbocycles. The molecular weight excluding hydrogens is 340 g/mol. The van der Waals surface area contributed by atoms with E-state index >= 15 is 0 Å². The van der Waals surface area contributed by atoms with E-state index in [1.54, 1.807) is 6.07 Å². The fourth-order valence-electron chi connectivity index (χ4n) is 2.70. The van der Waals surface area contributed by atoms with E-state index in [1.165, 1.54) is 5.69 Å². The minimum atomic E-state index is -0.192. The van der Waals surface area contributed by atoms with Crippen LogP contribution in [0.1, 0.15) is 30.0 Å². The van der Waals surface area contributed by atoms with Gasteiger partial charge in [0.1, 0.15) is 5.69 Å². The quantitative estimate of drug-likeness (QED) is 0.707. The second-order valence-corrected chi connectivity index (χ2v) is 6.62. The van der Waals surface area contributed by atoms with Gasteiger partial charge in [0.15, 0.2) is 0 Å². The Kier molecular flexibility index (Phi) is 7.55. The lowest BCUT2D eigenvalue weighted by Crippen LogP contribution is -2.32. The molecule has 1 heterocycles. The summed E-state index contributed by atoms with van der Waals surface area (Å²) in [5.74, 6) is 0.227. The standard InChI is InChI=1S/C20H30N6O/c1-6-26(7-2)17-10-8-16(9-11-17)23-20-22-15(3)14-18(24-20)19(27)21-12-13-25(4)5/h8-11,14H,6-7,12-13H2,1-5H3,(H,21,27)(H,22,23,24). The zero-order valence-corrected chi connectivity index (χ0v) is 16.9. The number of nitrogens with one attached hydrogen (secondary N) is 2. The molecule has 0 spiro atoms. The molecule has 1 aromatic heterocycles. The van der Waals surface area contributed by atoms with Gasteiger partial charge < -0.3 is 20.4 Å². The lowest BCUT2D eigenvalue weighted by atomic mass is 10.2. The third kappa shape index (κ3) is 6.21. The molecule has 2 aromatic rings. The van der Waals surface area contributed by atoms with Crippen LogP contribution in [0.2, 0.25) is 0 Å². The molecule has 0 aliphatic heterocycles. The van der Waals surface area contributed by atoms with Gasteiger partial charge in [-0.05, 0) is 65.2 Å². The smallest absolute Gasteiger partial charge is 0.270 e. The maximum Gasteiger partial charge on any atom is 0.270 e. The normalized spacial score (nSPS) is 10.7. The van der Waals surface area contributed by atoms with Crippen LogP contribution in [0.4, 0.5) is 17.3 Å². The largest absolute Gasteiger partial charge is 0.372 e. The van der Waals surface area contributed by atoms with Crippen LogP contribution in [0.15, 0.2) is 30.3 Å². The summed E-state index contributed by atoms with van der Waals surface area (Å²) >= 11 is 0. The molecule has 2 rings (SSSR count). The zero-order valence-electron chi connectivity index (χ0n) is 16.9. The highest BCUT2D eigenvalue weighted by molar-refractivity contribution is 5.92. The van der Waals surface area contributed by atoms with Gasteiger partial charge in [0, 0.05) is 43.2 Å². The van der Waals surface area contributed by atoms with E-state index in [4.69, 9.17) is 0 Å². The van der Waals surface area contributed by atoms with Crippen LogP contribution in [0, 0.1) is 6.92 Å². The summed E-state index contributed by atoms with van der Waals surface area (Å²) in [5, 5.41) is 6.06. The second-order valence-electron chi connectivity index (χ2n) is 6.62. The molecule has 1 amide bonds. The fourth-order valence-corrected chi connectivity index (χ4v) is 2.70. The summed E-state index contributed by atoms with van der Waals surface area (Å²) in [6.45, 7) is 9.42. The van der Waals surface area contributed by atoms with Gasteiger partial charge in [-0.25, -0.2) is 9.97 Å². The van der Waals surface area contributed by atoms with Crippen LogP contribution in [0.5, 0.6) is 0 Å². The number of rotatable bonds is 9. The highest BCUT2D eigenvalue weighted by Crippen LogP contribution is 2.20. The number of amides is 1. The summed E-state index contributed by atoms with van der Waals surface area (Å²) in [6, 6.07) is 9.83. The number of hydrogen-bond acceptors (Lipinski definition) is 6. The highest BCUT2D eigenvalue weighted by atomic mass is 16.1. The van der Waals surface area contributed by atoms with Crippen molar-refractivity contribution in [2.45, 2.75) is 20.8 Å². The van der Waals surface area contributed by atoms with Crippen molar-refractivity contribution in [2.75, 3.05) is 50.5 Å². The van der Waals surface area contributed by atoms with Gasteiger partial charge in [0.2, 0.25) is 5.95 Å². The van der Waals surface area contributed by atoms with Gasteiger partial charge in [-0.3, -0.25) is 4.79 Å². The van der Waals surface area contributed by atoms with Crippen LogP contribution in [-0.4, -0.2) is 61.0 Å². The van der Waals surface area contributed by atoms with Gasteiger partial charge in [-0.2, -0.15) is 0 Å². The van der Waals surface area contributed by atoms with Gasteiger partial charge >= 0.3 is 0 Å². The Balaban J connectivity index is 2.08. The number of aromatic nitrogens is 2. The van der Waals surface area contributed by atoms with Crippen molar-refractivity contribution in [2.24, 2.45) is 0 Å². The van der Waals surface area contributed by atoms with Crippen molar-refractivity contribution in [3.05, 3.63) is 41.7 Å². The number of carbonyl (C=O) groups is 1. The number of aryl methyl sites for hydroxylation is 1. The number of hydrogen-bond donors (Lipinski definition) is 2. The maximum absolute atomic E-state index is 12.3. The SMILES string of the molecule is CCN(CC)c1ccc(Nc2nc(C)cc(C(=O)NCCN(C)C)n2)cc1. The van der Waals surface area contributed by atoms with E-state index in [1.807, 2.05) is 38.1 Å². The minimum Gasteiger partial charge on any atom is -0.372 e. The summed E-state index contributed by atoms with van der Waals surface area (Å²) in [5.41, 5.74) is 3.17. The Hall–Kier alpha value is -2.67. The number of anilines is 3. The van der Waals surface area contributed by atoms with E-state index in [-0.39, 0.29) is 5.91 Å². The first kappa shape index (κ1) is 20.6. The Labute approximate surface area is 161 Å². The van der Waals surface area contributed by atoms with Crippen molar-refractivity contribution in [1.29, 1.82) is 0 Å². The number of nitrogens with zero attached hydrogens (tertiary/aromatic N) is 4. The lowest BCUT2D eigenvalue weighted by Gasteiger charge is -2.21. The van der Waals surface area contributed by atoms with Gasteiger partial charge in [-0.1, -0.05) is 0 Å². The Bertz CT molecular complexity index is 741. The molecule has 0 radical (unpaired) electrons. The van der Waals surface area contributed by atoms with Crippen molar-refractivity contribution in [3.8, 4) is 0 Å². The van der Waals surface area contributed by atoms with E-state index in [9.17, 15) is 4.79 Å². The third-order valence-corrected chi connectivity index (χ3v) is 4.18. The molecule has 2 N–H and O–H groups in total. The summed E-state index contributed by atoms with van der Waals surface area (Å²) in [4.78, 5) is 25.4. The molecule has 0 aliphatic rings. The number of carbonyl (C=O) groups excluding carboxylic acids is 1. The first-order valence-corrected chi connectivity index (χ1v) is 9.33. The van der Waals surface area contributed by atoms with Crippen LogP contribution in [0.25, 0.3) is 0 Å². The van der Waals surface area contributed by atoms with Crippen LogP contribution >= 0.6 is 0 Å². The van der Waals surface area contributed by atoms with Crippen molar-refractivity contribution < 1.29 is 4.79 Å². The molecule has 7 nitrogen and oxygen atoms in total. The Morgan fingerprint density at radius 2 is 1.74 bits per heavy atom. The third-order valence-electron chi connectivity index (χ3n) is 4.18. The first-order chi connectivity index (χ1) is 12.9. The molecule has 0 atom stereocenters. The molecule has 0 saturated carbocycles. The van der Waals surface area contributed by atoms with Crippen LogP contribution in [0.3, 0.4) is 0 Å². The molecule has 27 heavy (non-hydrogen) atoms. The van der Waals surface area contributed by atoms with E-state index < -0.39 is 0 Å². The molecule has 7 heteroatoms. The summed E-state index contributed by atoms with van der Waals surface area (Å²) < 4.78 is 0. The van der Waals surface area contributed by atoms with Crippen molar-refractivity contribution in [1.82, 2.24) is 20.2 Å². The maximum atomic E-state index is 12.3. The van der Waals surface area contributed by atoms with Crippen molar-refractivity contribution >= 4 is 23.2 Å². The fraction of sp³-hybridized carbons (Fsp3) is 0.450. The number of likely N-dealkylation sites (N-methyl/N-ethyl adjacent to an activating group) is 1. The first-order valence-electron chi connectivity index (χ1n) is 9.33. The lowest BCUT2D eigenvalue weighted by molar-refractivity contribution is 0.0946. The van der Waals surface area contributed by atoms with Crippen LogP contribution in [-0.2, 0) is 0 Å². The highest BCUT2D eigenvalue weighted by Gasteiger charge is 2.11. The Morgan fingerprint density at radius 3 is 2.33 bits per heavy atom. The van der Waals surface area contributed by atoms with Crippen LogP contribution < -0.4 is 15.5 Å². The van der Waals surface area contributed by atoms with E-state index in [0.717, 1.165) is 31.0 Å². The van der Waals surface area contributed by atoms with E-state index in [0.29, 0.717) is 18.2 Å². The molecule has 0 unspecified atom stereocenters. The van der Waals surface area contributed by atoms with Gasteiger partial charge in [-0.15, -0.1) is 0 Å². The monoisotopic (exact) mass is 370 g/mol. The molecular formula is C20H30N6O. The molecule has 146 valence electrons. The van der Waals surface area contributed by atoms with Gasteiger partial charge in [0.05, 0.1) is 0 Å². The topological polar surface area (TPSA) is 73.4 Å². The average Bonchev–Trinajstić information content (AvgIpc) is 2.63. The summed E-state index contributed by atoms with van der Waals surface area (Å²) in [7, 11) is 3.93.